The SMILES string of the molecule is C(=C\c1ccccc1)/CN1CCCCc2ccccc21. The predicted molar refractivity (Wildman–Crippen MR) is 87.1 cm³/mol. The Labute approximate surface area is 121 Å². The Kier molecular flexibility index (Phi) is 4.17. The first-order chi connectivity index (χ1) is 9.93. The molecule has 0 saturated carbocycles. The van der Waals surface area contributed by atoms with Crippen LogP contribution in [0.2, 0.25) is 0 Å². The number of benzene rings is 2. The highest BCUT2D eigenvalue weighted by Gasteiger charge is 2.12. The molecule has 1 aliphatic rings. The summed E-state index contributed by atoms with van der Waals surface area (Å²) in [6.45, 7) is 2.15. The highest BCUT2D eigenvalue weighted by atomic mass is 15.1. The molecular formula is C19H21N. The molecule has 1 nitrogen and oxygen atoms in total. The van der Waals surface area contributed by atoms with Crippen LogP contribution in [0.4, 0.5) is 5.69 Å². The Bertz CT molecular complexity index is 571. The van der Waals surface area contributed by atoms with Crippen molar-refractivity contribution in [2.45, 2.75) is 19.3 Å². The standard InChI is InChI=1S/C19H21N/c1-2-9-17(10-3-1)11-8-16-20-15-7-6-13-18-12-4-5-14-19(18)20/h1-5,8-12,14H,6-7,13,15-16H2/b11-8+. The summed E-state index contributed by atoms with van der Waals surface area (Å²) in [7, 11) is 0. The largest absolute Gasteiger partial charge is 0.368 e. The maximum Gasteiger partial charge on any atom is 0.0401 e. The van der Waals surface area contributed by atoms with Gasteiger partial charge in [0.2, 0.25) is 0 Å². The minimum Gasteiger partial charge on any atom is -0.368 e. The van der Waals surface area contributed by atoms with Gasteiger partial charge in [-0.1, -0.05) is 60.7 Å². The van der Waals surface area contributed by atoms with Gasteiger partial charge in [-0.15, -0.1) is 0 Å². The molecule has 1 aliphatic heterocycles. The van der Waals surface area contributed by atoms with Crippen LogP contribution in [0.1, 0.15) is 24.0 Å². The van der Waals surface area contributed by atoms with Gasteiger partial charge in [0, 0.05) is 18.8 Å². The van der Waals surface area contributed by atoms with Crippen LogP contribution in [-0.4, -0.2) is 13.1 Å². The van der Waals surface area contributed by atoms with E-state index >= 15 is 0 Å². The van der Waals surface area contributed by atoms with E-state index in [-0.39, 0.29) is 0 Å². The number of hydrogen-bond acceptors (Lipinski definition) is 1. The number of anilines is 1. The van der Waals surface area contributed by atoms with E-state index in [9.17, 15) is 0 Å². The fourth-order valence-electron chi connectivity index (χ4n) is 2.84. The molecule has 1 heterocycles. The van der Waals surface area contributed by atoms with Crippen molar-refractivity contribution in [1.82, 2.24) is 0 Å². The van der Waals surface area contributed by atoms with Crippen LogP contribution in [0, 0.1) is 0 Å². The maximum absolute atomic E-state index is 2.50. The minimum absolute atomic E-state index is 0.992. The van der Waals surface area contributed by atoms with Gasteiger partial charge in [0.05, 0.1) is 0 Å². The van der Waals surface area contributed by atoms with Gasteiger partial charge >= 0.3 is 0 Å². The third kappa shape index (κ3) is 3.11. The van der Waals surface area contributed by atoms with Crippen molar-refractivity contribution in [2.75, 3.05) is 18.0 Å². The van der Waals surface area contributed by atoms with Gasteiger partial charge in [0.25, 0.3) is 0 Å². The van der Waals surface area contributed by atoms with Gasteiger partial charge in [-0.25, -0.2) is 0 Å². The molecule has 0 N–H and O–H groups in total. The minimum atomic E-state index is 0.992. The maximum atomic E-state index is 2.50. The normalized spacial score (nSPS) is 15.1. The molecule has 3 rings (SSSR count). The summed E-state index contributed by atoms with van der Waals surface area (Å²) in [5.41, 5.74) is 4.19. The third-order valence-corrected chi connectivity index (χ3v) is 3.89. The molecule has 0 unspecified atom stereocenters. The molecule has 0 radical (unpaired) electrons. The van der Waals surface area contributed by atoms with Crippen LogP contribution >= 0.6 is 0 Å². The van der Waals surface area contributed by atoms with Crippen molar-refractivity contribution in [3.8, 4) is 0 Å². The van der Waals surface area contributed by atoms with Gasteiger partial charge in [-0.05, 0) is 36.5 Å². The van der Waals surface area contributed by atoms with E-state index in [4.69, 9.17) is 0 Å². The zero-order valence-electron chi connectivity index (χ0n) is 11.8. The van der Waals surface area contributed by atoms with E-state index < -0.39 is 0 Å². The molecule has 0 aliphatic carbocycles. The lowest BCUT2D eigenvalue weighted by Crippen LogP contribution is -2.24. The first kappa shape index (κ1) is 13.0. The summed E-state index contributed by atoms with van der Waals surface area (Å²) in [6.07, 6.45) is 8.30. The highest BCUT2D eigenvalue weighted by molar-refractivity contribution is 5.56. The monoisotopic (exact) mass is 263 g/mol. The zero-order chi connectivity index (χ0) is 13.6. The van der Waals surface area contributed by atoms with Gasteiger partial charge in [-0.2, -0.15) is 0 Å². The smallest absolute Gasteiger partial charge is 0.0401 e. The highest BCUT2D eigenvalue weighted by Crippen LogP contribution is 2.25. The molecule has 0 amide bonds. The molecule has 0 bridgehead atoms. The Balaban J connectivity index is 1.73. The van der Waals surface area contributed by atoms with Gasteiger partial charge in [-0.3, -0.25) is 0 Å². The van der Waals surface area contributed by atoms with Crippen molar-refractivity contribution in [3.05, 3.63) is 71.8 Å². The summed E-state index contributed by atoms with van der Waals surface area (Å²) >= 11 is 0. The van der Waals surface area contributed by atoms with Crippen molar-refractivity contribution < 1.29 is 0 Å². The molecule has 1 heteroatoms. The molecule has 0 saturated heterocycles. The number of hydrogen-bond donors (Lipinski definition) is 0. The molecule has 20 heavy (non-hydrogen) atoms. The molecule has 2 aromatic carbocycles. The third-order valence-electron chi connectivity index (χ3n) is 3.89. The second-order valence-electron chi connectivity index (χ2n) is 5.34. The van der Waals surface area contributed by atoms with Gasteiger partial charge in [0.15, 0.2) is 0 Å². The van der Waals surface area contributed by atoms with Crippen molar-refractivity contribution in [1.29, 1.82) is 0 Å². The number of nitrogens with zero attached hydrogens (tertiary/aromatic N) is 1. The summed E-state index contributed by atoms with van der Waals surface area (Å²) in [5, 5.41) is 0. The van der Waals surface area contributed by atoms with Crippen LogP contribution in [0.5, 0.6) is 0 Å². The van der Waals surface area contributed by atoms with E-state index in [1.807, 2.05) is 0 Å². The van der Waals surface area contributed by atoms with E-state index in [0.29, 0.717) is 0 Å². The van der Waals surface area contributed by atoms with Crippen LogP contribution in [-0.2, 0) is 6.42 Å². The first-order valence-electron chi connectivity index (χ1n) is 7.48. The average Bonchev–Trinajstić information content (AvgIpc) is 2.71. The molecule has 0 atom stereocenters. The molecule has 102 valence electrons. The van der Waals surface area contributed by atoms with Crippen molar-refractivity contribution >= 4 is 11.8 Å². The van der Waals surface area contributed by atoms with Crippen molar-refractivity contribution in [3.63, 3.8) is 0 Å². The van der Waals surface area contributed by atoms with Gasteiger partial charge in [0.1, 0.15) is 0 Å². The van der Waals surface area contributed by atoms with E-state index in [1.165, 1.54) is 36.1 Å². The lowest BCUT2D eigenvalue weighted by atomic mass is 10.1. The van der Waals surface area contributed by atoms with E-state index in [2.05, 4.69) is 71.6 Å². The second-order valence-corrected chi connectivity index (χ2v) is 5.34. The Morgan fingerprint density at radius 1 is 0.900 bits per heavy atom. The fourth-order valence-corrected chi connectivity index (χ4v) is 2.84. The summed E-state index contributed by atoms with van der Waals surface area (Å²) in [4.78, 5) is 2.50. The Hall–Kier alpha value is -2.02. The predicted octanol–water partition coefficient (Wildman–Crippen LogP) is 4.54. The van der Waals surface area contributed by atoms with Crippen LogP contribution in [0.15, 0.2) is 60.7 Å². The Morgan fingerprint density at radius 2 is 1.70 bits per heavy atom. The summed E-state index contributed by atoms with van der Waals surface area (Å²) < 4.78 is 0. The van der Waals surface area contributed by atoms with Crippen LogP contribution in [0.25, 0.3) is 6.08 Å². The number of fused-ring (bicyclic) bond motifs is 1. The fraction of sp³-hybridized carbons (Fsp3) is 0.263. The zero-order valence-corrected chi connectivity index (χ0v) is 11.8. The number of aryl methyl sites for hydroxylation is 1. The lowest BCUT2D eigenvalue weighted by molar-refractivity contribution is 0.737. The van der Waals surface area contributed by atoms with Crippen LogP contribution in [0.3, 0.4) is 0 Å². The van der Waals surface area contributed by atoms with Gasteiger partial charge < -0.3 is 4.90 Å². The van der Waals surface area contributed by atoms with Crippen LogP contribution < -0.4 is 4.90 Å². The molecule has 0 fully saturated rings. The molecule has 0 spiro atoms. The molecule has 0 aromatic heterocycles. The molecular weight excluding hydrogens is 242 g/mol. The van der Waals surface area contributed by atoms with Crippen molar-refractivity contribution in [2.24, 2.45) is 0 Å². The van der Waals surface area contributed by atoms with E-state index in [1.54, 1.807) is 0 Å². The average molecular weight is 263 g/mol. The number of para-hydroxylation sites is 1. The second kappa shape index (κ2) is 6.42. The first-order valence-corrected chi connectivity index (χ1v) is 7.48. The number of rotatable bonds is 3. The molecule has 2 aromatic rings. The van der Waals surface area contributed by atoms with E-state index in [0.717, 1.165) is 13.1 Å². The summed E-state index contributed by atoms with van der Waals surface area (Å²) in [6, 6.07) is 19.4. The lowest BCUT2D eigenvalue weighted by Gasteiger charge is -2.23. The Morgan fingerprint density at radius 3 is 2.60 bits per heavy atom. The quantitative estimate of drug-likeness (QED) is 0.785. The summed E-state index contributed by atoms with van der Waals surface area (Å²) in [5.74, 6) is 0. The topological polar surface area (TPSA) is 3.24 Å².